The van der Waals surface area contributed by atoms with E-state index in [1.54, 1.807) is 11.6 Å². The molecule has 0 saturated heterocycles. The highest BCUT2D eigenvalue weighted by molar-refractivity contribution is 8.00. The fourth-order valence-electron chi connectivity index (χ4n) is 4.34. The molecule has 3 aromatic rings. The van der Waals surface area contributed by atoms with Crippen molar-refractivity contribution in [2.75, 3.05) is 0 Å². The molecule has 1 saturated carbocycles. The van der Waals surface area contributed by atoms with Gasteiger partial charge in [-0.2, -0.15) is 0 Å². The van der Waals surface area contributed by atoms with Gasteiger partial charge in [0.25, 0.3) is 5.56 Å². The van der Waals surface area contributed by atoms with E-state index >= 15 is 0 Å². The Morgan fingerprint density at radius 1 is 1.20 bits per heavy atom. The van der Waals surface area contributed by atoms with Gasteiger partial charge in [-0.15, -0.1) is 0 Å². The molecule has 1 aliphatic carbocycles. The summed E-state index contributed by atoms with van der Waals surface area (Å²) in [7, 11) is 1.72. The van der Waals surface area contributed by atoms with Crippen molar-refractivity contribution in [3.63, 3.8) is 0 Å². The number of nitrogens with one attached hydrogen (secondary N) is 1. The zero-order valence-electron chi connectivity index (χ0n) is 18.0. The van der Waals surface area contributed by atoms with Crippen molar-refractivity contribution in [1.29, 1.82) is 0 Å². The Morgan fingerprint density at radius 3 is 2.63 bits per heavy atom. The van der Waals surface area contributed by atoms with Crippen LogP contribution in [-0.4, -0.2) is 26.8 Å². The Bertz CT molecular complexity index is 1160. The van der Waals surface area contributed by atoms with E-state index in [4.69, 9.17) is 4.98 Å². The quantitative estimate of drug-likeness (QED) is 0.381. The average Bonchev–Trinajstić information content (AvgIpc) is 2.74. The van der Waals surface area contributed by atoms with Crippen LogP contribution in [0.4, 0.5) is 0 Å². The largest absolute Gasteiger partial charge is 0.352 e. The van der Waals surface area contributed by atoms with E-state index in [-0.39, 0.29) is 22.8 Å². The van der Waals surface area contributed by atoms with Crippen molar-refractivity contribution < 1.29 is 4.79 Å². The molecule has 4 rings (SSSR count). The van der Waals surface area contributed by atoms with Crippen LogP contribution in [0.3, 0.4) is 0 Å². The molecule has 30 heavy (non-hydrogen) atoms. The lowest BCUT2D eigenvalue weighted by Gasteiger charge is -2.35. The molecular formula is C24H29N3O2S. The number of fused-ring (bicyclic) bond motifs is 2. The lowest BCUT2D eigenvalue weighted by Crippen LogP contribution is -2.46. The first-order valence-electron chi connectivity index (χ1n) is 10.7. The standard InChI is InChI=1S/C24H29N3O2S/c1-14-8-7-11-20(15(14)2)25-22(28)16(3)30-24-26-21-13-18-10-6-5-9-17(18)12-19(21)23(29)27(24)4/h5-6,9-10,12-16,20H,7-8,11H2,1-4H3,(H,25,28)/t14-,15+,16+,20+/m0/s1. The predicted octanol–water partition coefficient (Wildman–Crippen LogP) is 4.51. The summed E-state index contributed by atoms with van der Waals surface area (Å²) in [6.45, 7) is 6.37. The maximum atomic E-state index is 12.9. The Balaban J connectivity index is 1.58. The first-order chi connectivity index (χ1) is 14.3. The van der Waals surface area contributed by atoms with Crippen molar-refractivity contribution in [3.8, 4) is 0 Å². The summed E-state index contributed by atoms with van der Waals surface area (Å²) in [5.41, 5.74) is 0.581. The Labute approximate surface area is 181 Å². The van der Waals surface area contributed by atoms with Gasteiger partial charge >= 0.3 is 0 Å². The topological polar surface area (TPSA) is 64.0 Å². The van der Waals surface area contributed by atoms with Gasteiger partial charge in [-0.3, -0.25) is 14.2 Å². The summed E-state index contributed by atoms with van der Waals surface area (Å²) in [4.78, 5) is 30.5. The molecule has 158 valence electrons. The van der Waals surface area contributed by atoms with Crippen LogP contribution in [0.15, 0.2) is 46.3 Å². The number of hydrogen-bond acceptors (Lipinski definition) is 4. The second-order valence-electron chi connectivity index (χ2n) is 8.62. The van der Waals surface area contributed by atoms with Crippen LogP contribution in [0.2, 0.25) is 0 Å². The Morgan fingerprint density at radius 2 is 1.90 bits per heavy atom. The van der Waals surface area contributed by atoms with Crippen molar-refractivity contribution in [2.24, 2.45) is 18.9 Å². The SMILES string of the molecule is C[C@@H]1[C@@H](C)CCC[C@H]1NC(=O)[C@@H](C)Sc1nc2cc3ccccc3cc2c(=O)n1C. The van der Waals surface area contributed by atoms with Crippen molar-refractivity contribution in [2.45, 2.75) is 56.5 Å². The molecule has 1 N–H and O–H groups in total. The number of hydrogen-bond donors (Lipinski definition) is 1. The van der Waals surface area contributed by atoms with Crippen LogP contribution in [0, 0.1) is 11.8 Å². The minimum absolute atomic E-state index is 0.0128. The van der Waals surface area contributed by atoms with Crippen LogP contribution in [0.5, 0.6) is 0 Å². The summed E-state index contributed by atoms with van der Waals surface area (Å²) in [5.74, 6) is 1.12. The van der Waals surface area contributed by atoms with Crippen LogP contribution in [0.1, 0.15) is 40.0 Å². The molecule has 1 aliphatic rings. The summed E-state index contributed by atoms with van der Waals surface area (Å²) < 4.78 is 1.55. The van der Waals surface area contributed by atoms with Crippen molar-refractivity contribution in [1.82, 2.24) is 14.9 Å². The lowest BCUT2D eigenvalue weighted by molar-refractivity contribution is -0.121. The number of carbonyl (C=O) groups excluding carboxylic acids is 1. The third kappa shape index (κ3) is 3.97. The maximum Gasteiger partial charge on any atom is 0.261 e. The van der Waals surface area contributed by atoms with Gasteiger partial charge in [0.1, 0.15) is 0 Å². The van der Waals surface area contributed by atoms with Crippen LogP contribution in [-0.2, 0) is 11.8 Å². The summed E-state index contributed by atoms with van der Waals surface area (Å²) in [6.07, 6.45) is 3.43. The first-order valence-corrected chi connectivity index (χ1v) is 11.6. The number of carbonyl (C=O) groups is 1. The van der Waals surface area contributed by atoms with Crippen LogP contribution >= 0.6 is 11.8 Å². The molecule has 6 heteroatoms. The monoisotopic (exact) mass is 423 g/mol. The molecule has 0 unspecified atom stereocenters. The lowest BCUT2D eigenvalue weighted by atomic mass is 9.78. The molecule has 5 nitrogen and oxygen atoms in total. The second-order valence-corrected chi connectivity index (χ2v) is 9.93. The number of aromatic nitrogens is 2. The van der Waals surface area contributed by atoms with Gasteiger partial charge in [0.2, 0.25) is 5.91 Å². The van der Waals surface area contributed by atoms with Crippen molar-refractivity contribution in [3.05, 3.63) is 46.8 Å². The van der Waals surface area contributed by atoms with Crippen LogP contribution in [0.25, 0.3) is 21.7 Å². The molecule has 1 aromatic heterocycles. The van der Waals surface area contributed by atoms with Gasteiger partial charge in [0, 0.05) is 13.1 Å². The molecule has 4 atom stereocenters. The molecule has 0 radical (unpaired) electrons. The molecule has 0 spiro atoms. The minimum Gasteiger partial charge on any atom is -0.352 e. The number of rotatable bonds is 4. The molecule has 2 aromatic carbocycles. The van der Waals surface area contributed by atoms with Gasteiger partial charge in [-0.1, -0.05) is 62.7 Å². The highest BCUT2D eigenvalue weighted by Crippen LogP contribution is 2.30. The predicted molar refractivity (Wildman–Crippen MR) is 124 cm³/mol. The van der Waals surface area contributed by atoms with E-state index in [1.165, 1.54) is 18.2 Å². The summed E-state index contributed by atoms with van der Waals surface area (Å²) in [5, 5.41) is 6.15. The zero-order chi connectivity index (χ0) is 21.4. The third-order valence-electron chi connectivity index (χ3n) is 6.59. The summed E-state index contributed by atoms with van der Waals surface area (Å²) >= 11 is 1.34. The van der Waals surface area contributed by atoms with E-state index in [9.17, 15) is 9.59 Å². The normalized spacial score (nSPS) is 22.9. The smallest absolute Gasteiger partial charge is 0.261 e. The number of benzene rings is 2. The second kappa shape index (κ2) is 8.42. The molecule has 1 amide bonds. The number of amides is 1. The van der Waals surface area contributed by atoms with E-state index in [1.807, 2.05) is 43.3 Å². The summed E-state index contributed by atoms with van der Waals surface area (Å²) in [6, 6.07) is 12.0. The molecule has 1 heterocycles. The van der Waals surface area contributed by atoms with E-state index in [2.05, 4.69) is 19.2 Å². The molecule has 0 aliphatic heterocycles. The van der Waals surface area contributed by atoms with Gasteiger partial charge in [-0.25, -0.2) is 4.98 Å². The van der Waals surface area contributed by atoms with Gasteiger partial charge in [0.15, 0.2) is 5.16 Å². The highest BCUT2D eigenvalue weighted by Gasteiger charge is 2.29. The Kier molecular flexibility index (Phi) is 5.87. The fourth-order valence-corrected chi connectivity index (χ4v) is 5.22. The minimum atomic E-state index is -0.328. The van der Waals surface area contributed by atoms with Gasteiger partial charge < -0.3 is 5.32 Å². The number of nitrogens with zero attached hydrogens (tertiary/aromatic N) is 2. The van der Waals surface area contributed by atoms with Crippen LogP contribution < -0.4 is 10.9 Å². The molecule has 1 fully saturated rings. The molecule has 0 bridgehead atoms. The van der Waals surface area contributed by atoms with Crippen molar-refractivity contribution >= 4 is 39.3 Å². The number of thioether (sulfide) groups is 1. The first kappa shape index (κ1) is 20.9. The average molecular weight is 424 g/mol. The maximum absolute atomic E-state index is 12.9. The highest BCUT2D eigenvalue weighted by atomic mass is 32.2. The van der Waals surface area contributed by atoms with Gasteiger partial charge in [-0.05, 0) is 48.1 Å². The Hall–Kier alpha value is -2.34. The molecular weight excluding hydrogens is 394 g/mol. The zero-order valence-corrected chi connectivity index (χ0v) is 18.8. The van der Waals surface area contributed by atoms with E-state index < -0.39 is 0 Å². The van der Waals surface area contributed by atoms with Gasteiger partial charge in [0.05, 0.1) is 16.2 Å². The fraction of sp³-hybridized carbons (Fsp3) is 0.458. The van der Waals surface area contributed by atoms with E-state index in [0.717, 1.165) is 23.6 Å². The van der Waals surface area contributed by atoms with E-state index in [0.29, 0.717) is 27.9 Å². The third-order valence-corrected chi connectivity index (χ3v) is 7.73.